The molecular formula is C27H24F3N7O3. The van der Waals surface area contributed by atoms with Crippen molar-refractivity contribution in [3.63, 3.8) is 0 Å². The van der Waals surface area contributed by atoms with Crippen molar-refractivity contribution in [2.45, 2.75) is 31.7 Å². The summed E-state index contributed by atoms with van der Waals surface area (Å²) >= 11 is 0. The summed E-state index contributed by atoms with van der Waals surface area (Å²) in [7, 11) is 1.51. The average Bonchev–Trinajstić information content (AvgIpc) is 3.67. The second kappa shape index (κ2) is 10.2. The second-order valence-corrected chi connectivity index (χ2v) is 9.50. The van der Waals surface area contributed by atoms with Crippen LogP contribution in [0.4, 0.5) is 13.2 Å². The highest BCUT2D eigenvalue weighted by Gasteiger charge is 2.34. The van der Waals surface area contributed by atoms with Gasteiger partial charge in [0.25, 0.3) is 0 Å². The molecule has 13 heteroatoms. The first kappa shape index (κ1) is 25.7. The van der Waals surface area contributed by atoms with Gasteiger partial charge in [-0.2, -0.15) is 13.2 Å². The van der Waals surface area contributed by atoms with Crippen LogP contribution in [0.1, 0.15) is 24.1 Å². The van der Waals surface area contributed by atoms with Gasteiger partial charge in [0, 0.05) is 31.6 Å². The topological polar surface area (TPSA) is 113 Å². The Morgan fingerprint density at radius 1 is 1.15 bits per heavy atom. The number of hydrogen-bond donors (Lipinski definition) is 1. The van der Waals surface area contributed by atoms with Crippen LogP contribution in [0.5, 0.6) is 5.88 Å². The molecule has 5 heterocycles. The number of aromatic nitrogens is 7. The van der Waals surface area contributed by atoms with Gasteiger partial charge in [-0.25, -0.2) is 24.7 Å². The third-order valence-corrected chi connectivity index (χ3v) is 6.67. The van der Waals surface area contributed by atoms with E-state index in [1.54, 1.807) is 42.6 Å². The number of H-pyrrole nitrogens is 1. The normalized spacial score (nSPS) is 15.7. The zero-order chi connectivity index (χ0) is 27.9. The van der Waals surface area contributed by atoms with Gasteiger partial charge in [-0.15, -0.1) is 0 Å². The summed E-state index contributed by atoms with van der Waals surface area (Å²) < 4.78 is 53.6. The number of nitrogens with zero attached hydrogens (tertiary/aromatic N) is 6. The molecule has 1 saturated heterocycles. The van der Waals surface area contributed by atoms with Gasteiger partial charge in [0.2, 0.25) is 5.88 Å². The molecule has 0 bridgehead atoms. The van der Waals surface area contributed by atoms with Gasteiger partial charge in [-0.3, -0.25) is 4.57 Å². The smallest absolute Gasteiger partial charge is 0.434 e. The molecule has 1 fully saturated rings. The second-order valence-electron chi connectivity index (χ2n) is 9.50. The quantitative estimate of drug-likeness (QED) is 0.323. The average molecular weight is 552 g/mol. The van der Waals surface area contributed by atoms with Crippen LogP contribution >= 0.6 is 0 Å². The van der Waals surface area contributed by atoms with Crippen LogP contribution in [0.15, 0.2) is 59.8 Å². The Hall–Kier alpha value is -4.52. The van der Waals surface area contributed by atoms with E-state index in [4.69, 9.17) is 9.47 Å². The first-order chi connectivity index (χ1) is 19.3. The third kappa shape index (κ3) is 5.07. The molecule has 1 N–H and O–H groups in total. The third-order valence-electron chi connectivity index (χ3n) is 6.67. The minimum Gasteiger partial charge on any atom is -0.474 e. The Morgan fingerprint density at radius 2 is 1.98 bits per heavy atom. The molecule has 0 radical (unpaired) electrons. The molecule has 0 aliphatic carbocycles. The number of ether oxygens (including phenoxy) is 2. The molecule has 0 spiro atoms. The van der Waals surface area contributed by atoms with Gasteiger partial charge in [-0.05, 0) is 30.5 Å². The maximum atomic E-state index is 13.1. The summed E-state index contributed by atoms with van der Waals surface area (Å²) in [5.74, 6) is 0.913. The molecule has 1 aliphatic heterocycles. The molecule has 10 nitrogen and oxygen atoms in total. The summed E-state index contributed by atoms with van der Waals surface area (Å²) in [5, 5.41) is 0. The highest BCUT2D eigenvalue weighted by atomic mass is 19.4. The SMILES string of the molecule is Cn1cc(C(F)(F)F)nc1-c1ccc(Cn2c(=O)[nH]c3cnc(-c4cccnc4OCC4CCCO4)nc32)cc1. The van der Waals surface area contributed by atoms with Crippen LogP contribution in [0.2, 0.25) is 0 Å². The van der Waals surface area contributed by atoms with Crippen LogP contribution in [0.25, 0.3) is 33.9 Å². The highest BCUT2D eigenvalue weighted by molar-refractivity contribution is 5.74. The van der Waals surface area contributed by atoms with Crippen LogP contribution in [0.3, 0.4) is 0 Å². The van der Waals surface area contributed by atoms with Crippen LogP contribution < -0.4 is 10.4 Å². The first-order valence-electron chi connectivity index (χ1n) is 12.6. The summed E-state index contributed by atoms with van der Waals surface area (Å²) in [6, 6.07) is 10.4. The number of aromatic amines is 1. The highest BCUT2D eigenvalue weighted by Crippen LogP contribution is 2.31. The predicted octanol–water partition coefficient (Wildman–Crippen LogP) is 4.21. The van der Waals surface area contributed by atoms with Gasteiger partial charge in [0.05, 0.1) is 24.4 Å². The Labute approximate surface area is 225 Å². The van der Waals surface area contributed by atoms with Crippen molar-refractivity contribution in [3.8, 4) is 28.7 Å². The number of imidazole rings is 2. The lowest BCUT2D eigenvalue weighted by atomic mass is 10.1. The van der Waals surface area contributed by atoms with E-state index in [1.165, 1.54) is 22.4 Å². The summed E-state index contributed by atoms with van der Waals surface area (Å²) in [4.78, 5) is 32.7. The van der Waals surface area contributed by atoms with Crippen molar-refractivity contribution in [1.29, 1.82) is 0 Å². The Balaban J connectivity index is 1.27. The van der Waals surface area contributed by atoms with Crippen molar-refractivity contribution in [3.05, 3.63) is 76.7 Å². The largest absolute Gasteiger partial charge is 0.474 e. The predicted molar refractivity (Wildman–Crippen MR) is 139 cm³/mol. The number of halogens is 3. The molecule has 1 atom stereocenters. The number of nitrogens with one attached hydrogen (secondary N) is 1. The molecule has 40 heavy (non-hydrogen) atoms. The summed E-state index contributed by atoms with van der Waals surface area (Å²) in [6.07, 6.45) is 1.53. The molecule has 4 aromatic heterocycles. The first-order valence-corrected chi connectivity index (χ1v) is 12.6. The van der Waals surface area contributed by atoms with E-state index in [1.807, 2.05) is 0 Å². The van der Waals surface area contributed by atoms with E-state index in [2.05, 4.69) is 24.9 Å². The van der Waals surface area contributed by atoms with E-state index < -0.39 is 11.9 Å². The lowest BCUT2D eigenvalue weighted by Gasteiger charge is -2.13. The number of hydrogen-bond acceptors (Lipinski definition) is 7. The van der Waals surface area contributed by atoms with Crippen LogP contribution in [-0.2, 0) is 24.5 Å². The van der Waals surface area contributed by atoms with Gasteiger partial charge >= 0.3 is 11.9 Å². The fourth-order valence-corrected chi connectivity index (χ4v) is 4.66. The molecule has 0 amide bonds. The number of rotatable bonds is 7. The molecular weight excluding hydrogens is 527 g/mol. The minimum absolute atomic E-state index is 0.0172. The Morgan fingerprint density at radius 3 is 2.70 bits per heavy atom. The van der Waals surface area contributed by atoms with E-state index >= 15 is 0 Å². The van der Waals surface area contributed by atoms with Crippen LogP contribution in [-0.4, -0.2) is 53.4 Å². The Kier molecular flexibility index (Phi) is 6.58. The molecule has 1 aromatic carbocycles. The van der Waals surface area contributed by atoms with Crippen molar-refractivity contribution in [2.75, 3.05) is 13.2 Å². The lowest BCUT2D eigenvalue weighted by Crippen LogP contribution is -2.18. The molecule has 1 aliphatic rings. The lowest BCUT2D eigenvalue weighted by molar-refractivity contribution is -0.140. The van der Waals surface area contributed by atoms with Gasteiger partial charge in [0.1, 0.15) is 17.9 Å². The number of benzene rings is 1. The molecule has 0 saturated carbocycles. The van der Waals surface area contributed by atoms with Crippen molar-refractivity contribution >= 4 is 11.2 Å². The molecule has 1 unspecified atom stereocenters. The number of aryl methyl sites for hydroxylation is 1. The van der Waals surface area contributed by atoms with E-state index in [9.17, 15) is 18.0 Å². The van der Waals surface area contributed by atoms with E-state index in [-0.39, 0.29) is 24.2 Å². The fourth-order valence-electron chi connectivity index (χ4n) is 4.66. The maximum absolute atomic E-state index is 13.1. The number of fused-ring (bicyclic) bond motifs is 1. The molecule has 5 aromatic rings. The number of pyridine rings is 1. The fraction of sp³-hybridized carbons (Fsp3) is 0.296. The Bertz CT molecular complexity index is 1720. The van der Waals surface area contributed by atoms with Gasteiger partial charge in [0.15, 0.2) is 17.2 Å². The molecule has 206 valence electrons. The van der Waals surface area contributed by atoms with Crippen molar-refractivity contribution < 1.29 is 22.6 Å². The zero-order valence-electron chi connectivity index (χ0n) is 21.4. The standard InChI is InChI=1S/C27H24F3N7O3/c1-36-14-21(27(28,29)30)34-23(36)17-8-6-16(7-9-17)13-37-24-20(33-26(37)38)12-32-22(35-24)19-5-2-10-31-25(19)40-15-18-4-3-11-39-18/h2,5-10,12,14,18H,3-4,11,13,15H2,1H3,(H,33,38). The summed E-state index contributed by atoms with van der Waals surface area (Å²) in [6.45, 7) is 1.27. The number of alkyl halides is 3. The minimum atomic E-state index is -4.53. The van der Waals surface area contributed by atoms with Crippen LogP contribution in [0, 0.1) is 0 Å². The van der Waals surface area contributed by atoms with E-state index in [0.29, 0.717) is 40.6 Å². The van der Waals surface area contributed by atoms with Crippen molar-refractivity contribution in [2.24, 2.45) is 7.05 Å². The summed E-state index contributed by atoms with van der Waals surface area (Å²) in [5.41, 5.74) is 1.38. The van der Waals surface area contributed by atoms with E-state index in [0.717, 1.165) is 31.2 Å². The monoisotopic (exact) mass is 551 g/mol. The molecule has 6 rings (SSSR count). The van der Waals surface area contributed by atoms with Gasteiger partial charge < -0.3 is 19.0 Å². The zero-order valence-corrected chi connectivity index (χ0v) is 21.4. The van der Waals surface area contributed by atoms with Gasteiger partial charge in [-0.1, -0.05) is 24.3 Å². The maximum Gasteiger partial charge on any atom is 0.434 e. The van der Waals surface area contributed by atoms with Crippen molar-refractivity contribution in [1.82, 2.24) is 34.1 Å².